The SMILES string of the molecule is Cc1cc(C(CC(=O)N2CCNC(=O)C2c2ccc(F)cc2)C2CC2)ccc1F. The van der Waals surface area contributed by atoms with E-state index in [4.69, 9.17) is 0 Å². The normalized spacial score (nSPS) is 20.3. The molecule has 1 saturated heterocycles. The van der Waals surface area contributed by atoms with E-state index in [0.717, 1.165) is 18.4 Å². The maximum absolute atomic E-state index is 13.7. The molecule has 1 aliphatic heterocycles. The maximum Gasteiger partial charge on any atom is 0.247 e. The number of nitrogens with zero attached hydrogens (tertiary/aromatic N) is 1. The molecule has 1 aliphatic carbocycles. The van der Waals surface area contributed by atoms with Crippen LogP contribution in [0, 0.1) is 24.5 Å². The predicted octanol–water partition coefficient (Wildman–Crippen LogP) is 3.86. The van der Waals surface area contributed by atoms with Gasteiger partial charge in [0.2, 0.25) is 11.8 Å². The number of nitrogens with one attached hydrogen (secondary N) is 1. The summed E-state index contributed by atoms with van der Waals surface area (Å²) < 4.78 is 27.0. The van der Waals surface area contributed by atoms with Crippen molar-refractivity contribution in [3.63, 3.8) is 0 Å². The Hall–Kier alpha value is -2.76. The lowest BCUT2D eigenvalue weighted by molar-refractivity contribution is -0.144. The molecule has 0 radical (unpaired) electrons. The first-order chi connectivity index (χ1) is 13.9. The number of hydrogen-bond donors (Lipinski definition) is 1. The molecule has 2 atom stereocenters. The minimum absolute atomic E-state index is 0.0145. The minimum Gasteiger partial charge on any atom is -0.352 e. The van der Waals surface area contributed by atoms with E-state index in [1.165, 1.54) is 18.2 Å². The van der Waals surface area contributed by atoms with Crippen LogP contribution in [0.15, 0.2) is 42.5 Å². The number of piperazine rings is 1. The molecule has 1 heterocycles. The van der Waals surface area contributed by atoms with E-state index in [9.17, 15) is 18.4 Å². The van der Waals surface area contributed by atoms with Crippen LogP contribution in [0.5, 0.6) is 0 Å². The maximum atomic E-state index is 13.7. The van der Waals surface area contributed by atoms with E-state index < -0.39 is 6.04 Å². The van der Waals surface area contributed by atoms with Crippen molar-refractivity contribution in [2.24, 2.45) is 5.92 Å². The summed E-state index contributed by atoms with van der Waals surface area (Å²) in [6.45, 7) is 2.53. The molecule has 2 amide bonds. The molecule has 2 unspecified atom stereocenters. The second kappa shape index (κ2) is 7.93. The first-order valence-corrected chi connectivity index (χ1v) is 10.0. The van der Waals surface area contributed by atoms with Crippen LogP contribution < -0.4 is 5.32 Å². The van der Waals surface area contributed by atoms with Gasteiger partial charge in [-0.2, -0.15) is 0 Å². The molecule has 4 nitrogen and oxygen atoms in total. The summed E-state index contributed by atoms with van der Waals surface area (Å²) in [6.07, 6.45) is 2.38. The number of amides is 2. The Morgan fingerprint density at radius 3 is 2.55 bits per heavy atom. The standard InChI is InChI=1S/C23H24F2N2O2/c1-14-12-17(6-9-20(14)25)19(15-2-3-15)13-21(28)27-11-10-26-23(29)22(27)16-4-7-18(24)8-5-16/h4-9,12,15,19,22H,2-3,10-11,13H2,1H3,(H,26,29). The molecular weight excluding hydrogens is 374 g/mol. The van der Waals surface area contributed by atoms with E-state index in [1.807, 2.05) is 6.07 Å². The highest BCUT2D eigenvalue weighted by molar-refractivity contribution is 5.90. The number of carbonyl (C=O) groups excluding carboxylic acids is 2. The highest BCUT2D eigenvalue weighted by Crippen LogP contribution is 2.45. The number of aryl methyl sites for hydroxylation is 1. The van der Waals surface area contributed by atoms with E-state index in [2.05, 4.69) is 5.32 Å². The van der Waals surface area contributed by atoms with Crippen LogP contribution in [0.1, 0.15) is 47.9 Å². The van der Waals surface area contributed by atoms with E-state index in [0.29, 0.717) is 30.1 Å². The van der Waals surface area contributed by atoms with Crippen molar-refractivity contribution in [1.82, 2.24) is 10.2 Å². The smallest absolute Gasteiger partial charge is 0.247 e. The Bertz CT molecular complexity index is 925. The van der Waals surface area contributed by atoms with Crippen LogP contribution in [0.2, 0.25) is 0 Å². The van der Waals surface area contributed by atoms with Crippen LogP contribution in [0.3, 0.4) is 0 Å². The van der Waals surface area contributed by atoms with E-state index in [-0.39, 0.29) is 35.8 Å². The lowest BCUT2D eigenvalue weighted by atomic mass is 9.89. The Labute approximate surface area is 168 Å². The quantitative estimate of drug-likeness (QED) is 0.832. The van der Waals surface area contributed by atoms with Gasteiger partial charge in [-0.25, -0.2) is 8.78 Å². The number of benzene rings is 2. The second-order valence-electron chi connectivity index (χ2n) is 7.99. The molecule has 152 valence electrons. The van der Waals surface area contributed by atoms with Crippen LogP contribution in [-0.4, -0.2) is 29.8 Å². The average molecular weight is 398 g/mol. The zero-order valence-corrected chi connectivity index (χ0v) is 16.3. The van der Waals surface area contributed by atoms with Crippen LogP contribution in [0.25, 0.3) is 0 Å². The molecule has 0 aromatic heterocycles. The molecule has 2 aromatic carbocycles. The van der Waals surface area contributed by atoms with Crippen molar-refractivity contribution >= 4 is 11.8 Å². The summed E-state index contributed by atoms with van der Waals surface area (Å²) in [4.78, 5) is 27.4. The van der Waals surface area contributed by atoms with Crippen molar-refractivity contribution in [2.45, 2.75) is 38.1 Å². The van der Waals surface area contributed by atoms with Crippen molar-refractivity contribution in [3.8, 4) is 0 Å². The molecule has 2 aliphatic rings. The van der Waals surface area contributed by atoms with Crippen LogP contribution in [0.4, 0.5) is 8.78 Å². The zero-order valence-electron chi connectivity index (χ0n) is 16.3. The van der Waals surface area contributed by atoms with Gasteiger partial charge in [-0.3, -0.25) is 9.59 Å². The molecular formula is C23H24F2N2O2. The minimum atomic E-state index is -0.758. The van der Waals surface area contributed by atoms with Gasteiger partial charge in [0.15, 0.2) is 0 Å². The number of carbonyl (C=O) groups is 2. The fraction of sp³-hybridized carbons (Fsp3) is 0.391. The molecule has 29 heavy (non-hydrogen) atoms. The number of halogens is 2. The molecule has 1 saturated carbocycles. The molecule has 0 bridgehead atoms. The van der Waals surface area contributed by atoms with Gasteiger partial charge in [-0.1, -0.05) is 24.3 Å². The summed E-state index contributed by atoms with van der Waals surface area (Å²) in [5.41, 5.74) is 2.14. The van der Waals surface area contributed by atoms with Gasteiger partial charge in [0.1, 0.15) is 17.7 Å². The van der Waals surface area contributed by atoms with Crippen LogP contribution in [-0.2, 0) is 9.59 Å². The third-order valence-electron chi connectivity index (χ3n) is 5.91. The second-order valence-corrected chi connectivity index (χ2v) is 7.99. The van der Waals surface area contributed by atoms with Crippen molar-refractivity contribution < 1.29 is 18.4 Å². The largest absolute Gasteiger partial charge is 0.352 e. The summed E-state index contributed by atoms with van der Waals surface area (Å²) in [7, 11) is 0. The van der Waals surface area contributed by atoms with Crippen molar-refractivity contribution in [3.05, 3.63) is 70.8 Å². The zero-order chi connectivity index (χ0) is 20.5. The highest BCUT2D eigenvalue weighted by Gasteiger charge is 2.39. The number of rotatable bonds is 5. The molecule has 1 N–H and O–H groups in total. The third kappa shape index (κ3) is 4.16. The first-order valence-electron chi connectivity index (χ1n) is 10.0. The summed E-state index contributed by atoms with van der Waals surface area (Å²) in [5.74, 6) is -0.570. The fourth-order valence-corrected chi connectivity index (χ4v) is 4.17. The van der Waals surface area contributed by atoms with Gasteiger partial charge in [0, 0.05) is 19.5 Å². The molecule has 2 fully saturated rings. The molecule has 2 aromatic rings. The van der Waals surface area contributed by atoms with Gasteiger partial charge in [-0.15, -0.1) is 0 Å². The lowest BCUT2D eigenvalue weighted by Crippen LogP contribution is -2.52. The Morgan fingerprint density at radius 2 is 1.90 bits per heavy atom. The lowest BCUT2D eigenvalue weighted by Gasteiger charge is -2.36. The predicted molar refractivity (Wildman–Crippen MR) is 105 cm³/mol. The average Bonchev–Trinajstić information content (AvgIpc) is 3.54. The monoisotopic (exact) mass is 398 g/mol. The summed E-state index contributed by atoms with van der Waals surface area (Å²) in [5, 5.41) is 2.80. The number of hydrogen-bond acceptors (Lipinski definition) is 2. The Kier molecular flexibility index (Phi) is 5.35. The van der Waals surface area contributed by atoms with E-state index in [1.54, 1.807) is 30.0 Å². The van der Waals surface area contributed by atoms with Crippen molar-refractivity contribution in [2.75, 3.05) is 13.1 Å². The molecule has 6 heteroatoms. The highest BCUT2D eigenvalue weighted by atomic mass is 19.1. The van der Waals surface area contributed by atoms with Gasteiger partial charge >= 0.3 is 0 Å². The van der Waals surface area contributed by atoms with Gasteiger partial charge in [0.25, 0.3) is 0 Å². The van der Waals surface area contributed by atoms with E-state index >= 15 is 0 Å². The van der Waals surface area contributed by atoms with Gasteiger partial charge in [0.05, 0.1) is 0 Å². The van der Waals surface area contributed by atoms with Crippen molar-refractivity contribution in [1.29, 1.82) is 0 Å². The third-order valence-corrected chi connectivity index (χ3v) is 5.91. The van der Waals surface area contributed by atoms with Gasteiger partial charge in [-0.05, 0) is 66.5 Å². The molecule has 4 rings (SSSR count). The topological polar surface area (TPSA) is 49.4 Å². The van der Waals surface area contributed by atoms with Gasteiger partial charge < -0.3 is 10.2 Å². The Balaban J connectivity index is 1.58. The fourth-order valence-electron chi connectivity index (χ4n) is 4.17. The molecule has 0 spiro atoms. The first kappa shape index (κ1) is 19.6. The van der Waals surface area contributed by atoms with Crippen LogP contribution >= 0.6 is 0 Å². The summed E-state index contributed by atoms with van der Waals surface area (Å²) in [6, 6.07) is 9.99. The Morgan fingerprint density at radius 1 is 1.17 bits per heavy atom. The summed E-state index contributed by atoms with van der Waals surface area (Å²) >= 11 is 0.